The Morgan fingerprint density at radius 1 is 0.800 bits per heavy atom. The second-order valence-corrected chi connectivity index (χ2v) is 11.6. The van der Waals surface area contributed by atoms with Gasteiger partial charge in [-0.1, -0.05) is 54.4 Å². The molecule has 15 heteroatoms. The fourth-order valence-corrected chi connectivity index (χ4v) is 4.52. The summed E-state index contributed by atoms with van der Waals surface area (Å²) < 4.78 is 40.0. The van der Waals surface area contributed by atoms with Gasteiger partial charge in [-0.25, -0.2) is 4.68 Å². The summed E-state index contributed by atoms with van der Waals surface area (Å²) in [7, 11) is 0. The van der Waals surface area contributed by atoms with Crippen LogP contribution < -0.4 is 9.47 Å². The summed E-state index contributed by atoms with van der Waals surface area (Å²) >= 11 is 0. The number of benzene rings is 2. The van der Waals surface area contributed by atoms with Crippen molar-refractivity contribution in [2.45, 2.75) is 44.6 Å². The first-order valence-corrected chi connectivity index (χ1v) is 16.4. The minimum atomic E-state index is -0.867. The number of hydrogen-bond donors (Lipinski definition) is 2. The van der Waals surface area contributed by atoms with Crippen LogP contribution in [0.25, 0.3) is 10.4 Å². The van der Waals surface area contributed by atoms with Crippen molar-refractivity contribution in [1.82, 2.24) is 15.0 Å². The lowest BCUT2D eigenvalue weighted by Crippen LogP contribution is -2.24. The molecule has 0 saturated carbocycles. The average molecular weight is 697 g/mol. The third-order valence-corrected chi connectivity index (χ3v) is 7.30. The lowest BCUT2D eigenvalue weighted by atomic mass is 9.78. The largest absolute Gasteiger partial charge is 0.491 e. The highest BCUT2D eigenvalue weighted by molar-refractivity contribution is 5.41. The molecule has 0 radical (unpaired) electrons. The van der Waals surface area contributed by atoms with Gasteiger partial charge >= 0.3 is 0 Å². The topological polar surface area (TPSA) is 185 Å². The normalized spacial score (nSPS) is 12.5. The van der Waals surface area contributed by atoms with Crippen molar-refractivity contribution in [2.24, 2.45) is 5.11 Å². The van der Waals surface area contributed by atoms with Gasteiger partial charge in [-0.15, -0.1) is 11.5 Å². The maximum absolute atomic E-state index is 10.5. The number of aliphatic hydroxyl groups excluding tert-OH is 2. The van der Waals surface area contributed by atoms with Crippen molar-refractivity contribution >= 4 is 0 Å². The molecule has 0 fully saturated rings. The van der Waals surface area contributed by atoms with Crippen LogP contribution in [-0.4, -0.2) is 117 Å². The Balaban J connectivity index is 1.27. The molecule has 0 bridgehead atoms. The van der Waals surface area contributed by atoms with Gasteiger partial charge in [0, 0.05) is 10.3 Å². The molecule has 50 heavy (non-hydrogen) atoms. The predicted octanol–water partition coefficient (Wildman–Crippen LogP) is 3.31. The first-order chi connectivity index (χ1) is 24.3. The van der Waals surface area contributed by atoms with Crippen LogP contribution in [0.3, 0.4) is 0 Å². The molecule has 1 aromatic heterocycles. The van der Waals surface area contributed by atoms with Crippen LogP contribution in [0.2, 0.25) is 0 Å². The van der Waals surface area contributed by atoms with Gasteiger partial charge in [0.05, 0.1) is 84.9 Å². The summed E-state index contributed by atoms with van der Waals surface area (Å²) in [5.74, 6) is 3.64. The minimum absolute atomic E-state index is 0.0344. The molecule has 15 nitrogen and oxygen atoms in total. The number of nitrogens with zero attached hydrogens (tertiary/aromatic N) is 6. The molecule has 0 amide bonds. The van der Waals surface area contributed by atoms with Crippen LogP contribution in [0.1, 0.15) is 30.7 Å². The van der Waals surface area contributed by atoms with Crippen LogP contribution in [0.4, 0.5) is 0 Å². The third kappa shape index (κ3) is 15.5. The van der Waals surface area contributed by atoms with Crippen molar-refractivity contribution < 1.29 is 43.4 Å². The number of aliphatic hydroxyl groups is 2. The van der Waals surface area contributed by atoms with E-state index in [0.29, 0.717) is 70.0 Å². The molecule has 2 N–H and O–H groups in total. The maximum atomic E-state index is 10.5. The van der Waals surface area contributed by atoms with Crippen LogP contribution in [0.15, 0.2) is 59.8 Å². The smallest absolute Gasteiger partial charge is 0.119 e. The molecule has 0 spiro atoms. The van der Waals surface area contributed by atoms with E-state index < -0.39 is 12.2 Å². The zero-order valence-electron chi connectivity index (χ0n) is 28.8. The molecule has 0 aliphatic rings. The Morgan fingerprint density at radius 2 is 1.30 bits per heavy atom. The molecule has 2 aromatic carbocycles. The highest BCUT2D eigenvalue weighted by Gasteiger charge is 2.23. The Labute approximate surface area is 293 Å². The van der Waals surface area contributed by atoms with E-state index in [1.54, 1.807) is 10.9 Å². The van der Waals surface area contributed by atoms with E-state index in [1.165, 1.54) is 0 Å². The number of ether oxygens (including phenoxy) is 7. The summed E-state index contributed by atoms with van der Waals surface area (Å²) in [6, 6.07) is 15.4. The summed E-state index contributed by atoms with van der Waals surface area (Å²) in [4.78, 5) is 2.64. The number of azide groups is 1. The van der Waals surface area contributed by atoms with Crippen LogP contribution in [0, 0.1) is 12.3 Å². The van der Waals surface area contributed by atoms with Gasteiger partial charge in [0.25, 0.3) is 0 Å². The number of hydrogen-bond acceptors (Lipinski definition) is 12. The second kappa shape index (κ2) is 23.2. The first kappa shape index (κ1) is 40.2. The third-order valence-electron chi connectivity index (χ3n) is 7.30. The van der Waals surface area contributed by atoms with Crippen molar-refractivity contribution in [1.29, 1.82) is 0 Å². The average Bonchev–Trinajstić information content (AvgIpc) is 3.57. The minimum Gasteiger partial charge on any atom is -0.491 e. The van der Waals surface area contributed by atoms with Gasteiger partial charge in [-0.05, 0) is 40.9 Å². The Hall–Kier alpha value is -4.23. The molecule has 2 atom stereocenters. The fourth-order valence-electron chi connectivity index (χ4n) is 4.52. The van der Waals surface area contributed by atoms with Crippen LogP contribution in [-0.2, 0) is 42.3 Å². The zero-order valence-corrected chi connectivity index (χ0v) is 28.8. The molecule has 0 saturated heterocycles. The zero-order chi connectivity index (χ0) is 35.9. The summed E-state index contributed by atoms with van der Waals surface area (Å²) in [6.45, 7) is 8.75. The lowest BCUT2D eigenvalue weighted by molar-refractivity contribution is -0.0110. The lowest BCUT2D eigenvalue weighted by Gasteiger charge is -2.26. The van der Waals surface area contributed by atoms with Crippen molar-refractivity contribution in [3.8, 4) is 23.8 Å². The number of rotatable bonds is 27. The second-order valence-electron chi connectivity index (χ2n) is 11.6. The van der Waals surface area contributed by atoms with Gasteiger partial charge < -0.3 is 43.4 Å². The van der Waals surface area contributed by atoms with E-state index in [0.717, 1.165) is 11.1 Å². The maximum Gasteiger partial charge on any atom is 0.119 e. The van der Waals surface area contributed by atoms with Crippen molar-refractivity contribution in [2.75, 3.05) is 79.2 Å². The fraction of sp³-hybridized carbons (Fsp3) is 0.543. The van der Waals surface area contributed by atoms with E-state index in [1.807, 2.05) is 48.5 Å². The Bertz CT molecular complexity index is 1440. The molecule has 272 valence electrons. The number of terminal acetylenes is 1. The summed E-state index contributed by atoms with van der Waals surface area (Å²) in [5.41, 5.74) is 10.9. The molecule has 1 heterocycles. The van der Waals surface area contributed by atoms with Crippen molar-refractivity contribution in [3.05, 3.63) is 82.0 Å². The molecule has 0 aliphatic heterocycles. The number of aromatic nitrogens is 3. The van der Waals surface area contributed by atoms with Crippen molar-refractivity contribution in [3.63, 3.8) is 0 Å². The highest BCUT2D eigenvalue weighted by atomic mass is 16.6. The van der Waals surface area contributed by atoms with E-state index in [4.69, 9.17) is 45.1 Å². The van der Waals surface area contributed by atoms with Crippen LogP contribution >= 0.6 is 0 Å². The molecule has 0 aliphatic carbocycles. The molecular formula is C35H48N6O9. The van der Waals surface area contributed by atoms with Gasteiger partial charge in [0.2, 0.25) is 0 Å². The summed E-state index contributed by atoms with van der Waals surface area (Å²) in [6.07, 6.45) is 5.16. The SMILES string of the molecule is C#CCOCCOCCOCCOCCOCc1cn(CC(O)COc2ccc(C(C)(C)c3ccc(OCC(O)CN=[N+]=[N-])cc3)cc2)nn1. The van der Waals surface area contributed by atoms with Crippen LogP contribution in [0.5, 0.6) is 11.5 Å². The van der Waals surface area contributed by atoms with E-state index >= 15 is 0 Å². The standard InChI is InChI=1S/C35H48N6O9/c1-4-13-44-14-15-45-16-17-46-18-19-47-20-21-48-25-30-23-41(40-38-30)24-32(43)27-50-34-11-7-29(8-12-34)35(2,3)28-5-9-33(10-6-28)49-26-31(42)22-37-39-36/h1,5-12,23,31-32,42-43H,13-22,24-27H2,2-3H3. The van der Waals surface area contributed by atoms with Gasteiger partial charge in [-0.3, -0.25) is 0 Å². The van der Waals surface area contributed by atoms with E-state index in [-0.39, 0.29) is 44.9 Å². The molecule has 3 aromatic rings. The van der Waals surface area contributed by atoms with E-state index in [9.17, 15) is 10.2 Å². The van der Waals surface area contributed by atoms with Gasteiger partial charge in [0.1, 0.15) is 43.1 Å². The van der Waals surface area contributed by atoms with E-state index in [2.05, 4.69) is 40.1 Å². The predicted molar refractivity (Wildman–Crippen MR) is 184 cm³/mol. The molecular weight excluding hydrogens is 648 g/mol. The Morgan fingerprint density at radius 3 is 1.82 bits per heavy atom. The Kier molecular flexibility index (Phi) is 18.7. The first-order valence-electron chi connectivity index (χ1n) is 16.4. The molecule has 3 rings (SSSR count). The highest BCUT2D eigenvalue weighted by Crippen LogP contribution is 2.33. The monoisotopic (exact) mass is 696 g/mol. The molecule has 2 unspecified atom stereocenters. The van der Waals surface area contributed by atoms with Gasteiger partial charge in [-0.2, -0.15) is 0 Å². The van der Waals surface area contributed by atoms with Gasteiger partial charge in [0.15, 0.2) is 0 Å². The summed E-state index contributed by atoms with van der Waals surface area (Å²) in [5, 5.41) is 31.8. The quantitative estimate of drug-likeness (QED) is 0.0392.